The molecule has 0 aliphatic heterocycles. The van der Waals surface area contributed by atoms with Crippen molar-refractivity contribution in [1.29, 1.82) is 0 Å². The average molecular weight is 349 g/mol. The molecule has 1 N–H and O–H groups in total. The highest BCUT2D eigenvalue weighted by Gasteiger charge is 2.10. The SMILES string of the molecule is CCC(=O)NCCCc1nc2ccccc2n1CCCc1ccccc1. The summed E-state index contributed by atoms with van der Waals surface area (Å²) in [6.07, 6.45) is 4.49. The van der Waals surface area contributed by atoms with Crippen LogP contribution in [0.2, 0.25) is 0 Å². The zero-order valence-corrected chi connectivity index (χ0v) is 15.4. The van der Waals surface area contributed by atoms with E-state index in [1.165, 1.54) is 11.1 Å². The molecule has 0 saturated carbocycles. The monoisotopic (exact) mass is 349 g/mol. The third kappa shape index (κ3) is 4.72. The molecule has 0 radical (unpaired) electrons. The molecule has 3 rings (SSSR count). The second-order valence-corrected chi connectivity index (χ2v) is 6.56. The molecule has 0 unspecified atom stereocenters. The van der Waals surface area contributed by atoms with Gasteiger partial charge < -0.3 is 9.88 Å². The first-order valence-electron chi connectivity index (χ1n) is 9.52. The second-order valence-electron chi connectivity index (χ2n) is 6.56. The fourth-order valence-electron chi connectivity index (χ4n) is 3.25. The lowest BCUT2D eigenvalue weighted by Crippen LogP contribution is -2.23. The van der Waals surface area contributed by atoms with Crippen molar-refractivity contribution >= 4 is 16.9 Å². The van der Waals surface area contributed by atoms with Crippen LogP contribution in [0.3, 0.4) is 0 Å². The van der Waals surface area contributed by atoms with E-state index in [1.54, 1.807) is 0 Å². The Kier molecular flexibility index (Phi) is 6.42. The highest BCUT2D eigenvalue weighted by atomic mass is 16.1. The normalized spacial score (nSPS) is 11.0. The summed E-state index contributed by atoms with van der Waals surface area (Å²) in [5, 5.41) is 2.94. The number of hydrogen-bond donors (Lipinski definition) is 1. The van der Waals surface area contributed by atoms with Crippen LogP contribution < -0.4 is 5.32 Å². The third-order valence-electron chi connectivity index (χ3n) is 4.64. The van der Waals surface area contributed by atoms with Gasteiger partial charge in [-0.15, -0.1) is 0 Å². The lowest BCUT2D eigenvalue weighted by molar-refractivity contribution is -0.120. The highest BCUT2D eigenvalue weighted by molar-refractivity contribution is 5.76. The molecule has 0 atom stereocenters. The van der Waals surface area contributed by atoms with Crippen molar-refractivity contribution in [2.24, 2.45) is 0 Å². The topological polar surface area (TPSA) is 46.9 Å². The summed E-state index contributed by atoms with van der Waals surface area (Å²) in [5.74, 6) is 1.23. The van der Waals surface area contributed by atoms with Crippen LogP contribution in [0.4, 0.5) is 0 Å². The van der Waals surface area contributed by atoms with Crippen LogP contribution in [0, 0.1) is 0 Å². The Hall–Kier alpha value is -2.62. The van der Waals surface area contributed by atoms with E-state index in [0.29, 0.717) is 13.0 Å². The maximum absolute atomic E-state index is 11.4. The fraction of sp³-hybridized carbons (Fsp3) is 0.364. The smallest absolute Gasteiger partial charge is 0.219 e. The summed E-state index contributed by atoms with van der Waals surface area (Å²) in [7, 11) is 0. The van der Waals surface area contributed by atoms with Crippen LogP contribution in [0.1, 0.15) is 37.6 Å². The third-order valence-corrected chi connectivity index (χ3v) is 4.64. The van der Waals surface area contributed by atoms with Crippen molar-refractivity contribution in [2.45, 2.75) is 45.6 Å². The van der Waals surface area contributed by atoms with E-state index in [1.807, 2.05) is 13.0 Å². The molecule has 1 aromatic heterocycles. The minimum absolute atomic E-state index is 0.112. The van der Waals surface area contributed by atoms with Crippen molar-refractivity contribution in [1.82, 2.24) is 14.9 Å². The van der Waals surface area contributed by atoms with E-state index in [4.69, 9.17) is 4.98 Å². The van der Waals surface area contributed by atoms with E-state index in [2.05, 4.69) is 58.4 Å². The van der Waals surface area contributed by atoms with Gasteiger partial charge in [0.1, 0.15) is 5.82 Å². The Morgan fingerprint density at radius 1 is 1.00 bits per heavy atom. The Labute approximate surface area is 155 Å². The number of hydrogen-bond acceptors (Lipinski definition) is 2. The van der Waals surface area contributed by atoms with E-state index < -0.39 is 0 Å². The first kappa shape index (κ1) is 18.2. The molecule has 0 spiro atoms. The summed E-state index contributed by atoms with van der Waals surface area (Å²) >= 11 is 0. The zero-order valence-electron chi connectivity index (χ0n) is 15.4. The van der Waals surface area contributed by atoms with Gasteiger partial charge in [0.2, 0.25) is 5.91 Å². The number of fused-ring (bicyclic) bond motifs is 1. The zero-order chi connectivity index (χ0) is 18.2. The molecule has 4 heteroatoms. The molecule has 4 nitrogen and oxygen atoms in total. The molecule has 0 saturated heterocycles. The summed E-state index contributed by atoms with van der Waals surface area (Å²) in [6, 6.07) is 18.9. The van der Waals surface area contributed by atoms with Gasteiger partial charge >= 0.3 is 0 Å². The van der Waals surface area contributed by atoms with Crippen LogP contribution in [0.15, 0.2) is 54.6 Å². The number of nitrogens with one attached hydrogen (secondary N) is 1. The maximum Gasteiger partial charge on any atom is 0.219 e. The molecule has 1 heterocycles. The molecule has 0 aliphatic carbocycles. The number of rotatable bonds is 9. The average Bonchev–Trinajstić information content (AvgIpc) is 3.03. The van der Waals surface area contributed by atoms with Gasteiger partial charge in [-0.05, 0) is 37.0 Å². The highest BCUT2D eigenvalue weighted by Crippen LogP contribution is 2.18. The number of carbonyl (C=O) groups is 1. The number of aromatic nitrogens is 2. The first-order valence-corrected chi connectivity index (χ1v) is 9.52. The second kappa shape index (κ2) is 9.18. The van der Waals surface area contributed by atoms with Gasteiger partial charge in [0.05, 0.1) is 11.0 Å². The van der Waals surface area contributed by atoms with Gasteiger partial charge in [0.25, 0.3) is 0 Å². The number of imidazole rings is 1. The summed E-state index contributed by atoms with van der Waals surface area (Å²) in [5.41, 5.74) is 3.63. The molecule has 0 bridgehead atoms. The van der Waals surface area contributed by atoms with Gasteiger partial charge in [0, 0.05) is 25.9 Å². The van der Waals surface area contributed by atoms with Crippen LogP contribution in [0.25, 0.3) is 11.0 Å². The van der Waals surface area contributed by atoms with Crippen molar-refractivity contribution in [3.05, 3.63) is 66.0 Å². The number of aryl methyl sites for hydroxylation is 3. The Balaban J connectivity index is 1.65. The standard InChI is InChI=1S/C22H27N3O/c1-2-22(26)23-16-8-15-21-24-19-13-6-7-14-20(19)25(21)17-9-12-18-10-4-3-5-11-18/h3-7,10-11,13-14H,2,8-9,12,15-17H2,1H3,(H,23,26). The van der Waals surface area contributed by atoms with E-state index in [0.717, 1.165) is 43.6 Å². The number of amides is 1. The number of nitrogens with zero attached hydrogens (tertiary/aromatic N) is 2. The number of para-hydroxylation sites is 2. The quantitative estimate of drug-likeness (QED) is 0.591. The van der Waals surface area contributed by atoms with E-state index in [9.17, 15) is 4.79 Å². The Bertz CT molecular complexity index is 839. The predicted octanol–water partition coefficient (Wildman–Crippen LogP) is 4.13. The molecule has 0 fully saturated rings. The van der Waals surface area contributed by atoms with E-state index in [-0.39, 0.29) is 5.91 Å². The van der Waals surface area contributed by atoms with Crippen molar-refractivity contribution < 1.29 is 4.79 Å². The predicted molar refractivity (Wildman–Crippen MR) is 106 cm³/mol. The Morgan fingerprint density at radius 2 is 1.77 bits per heavy atom. The molecule has 2 aromatic carbocycles. The molecule has 0 aliphatic rings. The molecule has 3 aromatic rings. The first-order chi connectivity index (χ1) is 12.8. The summed E-state index contributed by atoms with van der Waals surface area (Å²) in [4.78, 5) is 16.2. The molecule has 1 amide bonds. The minimum Gasteiger partial charge on any atom is -0.356 e. The fourth-order valence-corrected chi connectivity index (χ4v) is 3.25. The molecular formula is C22H27N3O. The van der Waals surface area contributed by atoms with Gasteiger partial charge in [-0.3, -0.25) is 4.79 Å². The van der Waals surface area contributed by atoms with Crippen LogP contribution in [0.5, 0.6) is 0 Å². The van der Waals surface area contributed by atoms with Gasteiger partial charge in [-0.2, -0.15) is 0 Å². The van der Waals surface area contributed by atoms with Gasteiger partial charge in [0.15, 0.2) is 0 Å². The van der Waals surface area contributed by atoms with Crippen LogP contribution >= 0.6 is 0 Å². The largest absolute Gasteiger partial charge is 0.356 e. The van der Waals surface area contributed by atoms with Gasteiger partial charge in [-0.1, -0.05) is 49.4 Å². The van der Waals surface area contributed by atoms with Crippen LogP contribution in [-0.2, 0) is 24.2 Å². The van der Waals surface area contributed by atoms with E-state index >= 15 is 0 Å². The molecule has 136 valence electrons. The summed E-state index contributed by atoms with van der Waals surface area (Å²) < 4.78 is 2.35. The number of benzene rings is 2. The number of carbonyl (C=O) groups excluding carboxylic acids is 1. The maximum atomic E-state index is 11.4. The molecular weight excluding hydrogens is 322 g/mol. The Morgan fingerprint density at radius 3 is 2.58 bits per heavy atom. The lowest BCUT2D eigenvalue weighted by Gasteiger charge is -2.10. The van der Waals surface area contributed by atoms with Gasteiger partial charge in [-0.25, -0.2) is 4.98 Å². The van der Waals surface area contributed by atoms with Crippen molar-refractivity contribution in [2.75, 3.05) is 6.54 Å². The van der Waals surface area contributed by atoms with Crippen molar-refractivity contribution in [3.8, 4) is 0 Å². The van der Waals surface area contributed by atoms with Crippen LogP contribution in [-0.4, -0.2) is 22.0 Å². The molecule has 26 heavy (non-hydrogen) atoms. The summed E-state index contributed by atoms with van der Waals surface area (Å²) in [6.45, 7) is 3.55. The minimum atomic E-state index is 0.112. The van der Waals surface area contributed by atoms with Crippen molar-refractivity contribution in [3.63, 3.8) is 0 Å². The lowest BCUT2D eigenvalue weighted by atomic mass is 10.1.